The number of carbonyl (C=O) groups excluding carboxylic acids is 2. The van der Waals surface area contributed by atoms with Gasteiger partial charge in [-0.25, -0.2) is 12.4 Å². The standard InChI is InChI=1S/C25H20N2O5S/c1-18(28)32-22-7-4-5-19(17-22)9-14-25(29)26-21-10-12-23(13-11-21)33(30,31)27-16-15-20-6-2-3-8-24(20)27/h2-17H,1H3,(H,26,29). The summed E-state index contributed by atoms with van der Waals surface area (Å²) in [5, 5.41) is 3.52. The fourth-order valence-corrected chi connectivity index (χ4v) is 4.65. The summed E-state index contributed by atoms with van der Waals surface area (Å²) < 4.78 is 32.3. The van der Waals surface area contributed by atoms with Crippen LogP contribution in [0.25, 0.3) is 17.0 Å². The highest BCUT2D eigenvalue weighted by molar-refractivity contribution is 7.90. The maximum atomic E-state index is 13.0. The Balaban J connectivity index is 1.46. The highest BCUT2D eigenvalue weighted by Crippen LogP contribution is 2.23. The first-order valence-corrected chi connectivity index (χ1v) is 11.5. The van der Waals surface area contributed by atoms with Crippen LogP contribution in [-0.4, -0.2) is 24.3 Å². The van der Waals surface area contributed by atoms with Crippen molar-refractivity contribution in [1.82, 2.24) is 3.97 Å². The summed E-state index contributed by atoms with van der Waals surface area (Å²) in [7, 11) is -3.77. The molecule has 0 unspecified atom stereocenters. The Morgan fingerprint density at radius 3 is 2.45 bits per heavy atom. The number of amides is 1. The molecule has 0 radical (unpaired) electrons. The van der Waals surface area contributed by atoms with Crippen molar-refractivity contribution in [3.05, 3.63) is 96.7 Å². The van der Waals surface area contributed by atoms with Gasteiger partial charge >= 0.3 is 5.97 Å². The van der Waals surface area contributed by atoms with Crippen LogP contribution in [0, 0.1) is 0 Å². The molecule has 0 atom stereocenters. The van der Waals surface area contributed by atoms with Crippen molar-refractivity contribution in [3.63, 3.8) is 0 Å². The van der Waals surface area contributed by atoms with Gasteiger partial charge in [0.2, 0.25) is 5.91 Å². The second kappa shape index (κ2) is 9.13. The molecule has 4 aromatic rings. The molecule has 0 saturated carbocycles. The molecule has 1 heterocycles. The molecule has 7 nitrogen and oxygen atoms in total. The lowest BCUT2D eigenvalue weighted by molar-refractivity contribution is -0.131. The number of rotatable bonds is 6. The number of fused-ring (bicyclic) bond motifs is 1. The first-order valence-electron chi connectivity index (χ1n) is 10.0. The number of aromatic nitrogens is 1. The van der Waals surface area contributed by atoms with Crippen molar-refractivity contribution in [1.29, 1.82) is 0 Å². The van der Waals surface area contributed by atoms with E-state index in [-0.39, 0.29) is 10.8 Å². The van der Waals surface area contributed by atoms with Crippen LogP contribution in [-0.2, 0) is 19.6 Å². The van der Waals surface area contributed by atoms with Crippen molar-refractivity contribution in [2.75, 3.05) is 5.32 Å². The molecule has 8 heteroatoms. The number of hydrogen-bond donors (Lipinski definition) is 1. The van der Waals surface area contributed by atoms with E-state index >= 15 is 0 Å². The van der Waals surface area contributed by atoms with E-state index in [0.717, 1.165) is 5.39 Å². The molecule has 0 bridgehead atoms. The summed E-state index contributed by atoms with van der Waals surface area (Å²) in [4.78, 5) is 23.4. The predicted octanol–water partition coefficient (Wildman–Crippen LogP) is 4.46. The van der Waals surface area contributed by atoms with Gasteiger partial charge in [-0.2, -0.15) is 0 Å². The molecule has 0 aliphatic rings. The quantitative estimate of drug-likeness (QED) is 0.261. The van der Waals surface area contributed by atoms with Crippen molar-refractivity contribution >= 4 is 44.6 Å². The third kappa shape index (κ3) is 5.02. The van der Waals surface area contributed by atoms with Gasteiger partial charge in [0.05, 0.1) is 10.4 Å². The van der Waals surface area contributed by atoms with E-state index in [4.69, 9.17) is 4.74 Å². The van der Waals surface area contributed by atoms with Crippen molar-refractivity contribution in [3.8, 4) is 5.75 Å². The number of benzene rings is 3. The average Bonchev–Trinajstić information content (AvgIpc) is 3.23. The number of hydrogen-bond acceptors (Lipinski definition) is 5. The van der Waals surface area contributed by atoms with Gasteiger partial charge in [-0.05, 0) is 60.2 Å². The minimum absolute atomic E-state index is 0.111. The molecular formula is C25H20N2O5S. The summed E-state index contributed by atoms with van der Waals surface area (Å²) >= 11 is 0. The molecule has 1 N–H and O–H groups in total. The van der Waals surface area contributed by atoms with Crippen molar-refractivity contribution < 1.29 is 22.7 Å². The highest BCUT2D eigenvalue weighted by Gasteiger charge is 2.18. The molecule has 0 saturated heterocycles. The Morgan fingerprint density at radius 1 is 0.939 bits per heavy atom. The minimum Gasteiger partial charge on any atom is -0.427 e. The summed E-state index contributed by atoms with van der Waals surface area (Å²) in [6, 6.07) is 21.7. The molecule has 3 aromatic carbocycles. The number of anilines is 1. The van der Waals surface area contributed by atoms with Crippen LogP contribution >= 0.6 is 0 Å². The van der Waals surface area contributed by atoms with Gasteiger partial charge in [0.15, 0.2) is 0 Å². The molecule has 0 aliphatic heterocycles. The van der Waals surface area contributed by atoms with E-state index in [9.17, 15) is 18.0 Å². The van der Waals surface area contributed by atoms with Gasteiger partial charge in [-0.1, -0.05) is 30.3 Å². The Hall–Kier alpha value is -4.17. The van der Waals surface area contributed by atoms with Crippen LogP contribution in [0.4, 0.5) is 5.69 Å². The Morgan fingerprint density at radius 2 is 1.70 bits per heavy atom. The molecular weight excluding hydrogens is 440 g/mol. The molecule has 0 aliphatic carbocycles. The first-order chi connectivity index (χ1) is 15.8. The van der Waals surface area contributed by atoms with Crippen LogP contribution < -0.4 is 10.1 Å². The lowest BCUT2D eigenvalue weighted by Crippen LogP contribution is -2.12. The van der Waals surface area contributed by atoms with E-state index in [2.05, 4.69) is 5.32 Å². The molecule has 0 spiro atoms. The topological polar surface area (TPSA) is 94.5 Å². The van der Waals surface area contributed by atoms with Crippen molar-refractivity contribution in [2.45, 2.75) is 11.8 Å². The molecule has 0 fully saturated rings. The predicted molar refractivity (Wildman–Crippen MR) is 126 cm³/mol. The second-order valence-electron chi connectivity index (χ2n) is 7.19. The lowest BCUT2D eigenvalue weighted by atomic mass is 10.2. The maximum absolute atomic E-state index is 13.0. The Bertz CT molecular complexity index is 1470. The van der Waals surface area contributed by atoms with Crippen molar-refractivity contribution in [2.24, 2.45) is 0 Å². The van der Waals surface area contributed by atoms with Crippen LogP contribution in [0.5, 0.6) is 5.75 Å². The third-order valence-electron chi connectivity index (χ3n) is 4.79. The highest BCUT2D eigenvalue weighted by atomic mass is 32.2. The Labute approximate surface area is 191 Å². The fraction of sp³-hybridized carbons (Fsp3) is 0.0400. The van der Waals surface area contributed by atoms with Gasteiger partial charge in [-0.3, -0.25) is 9.59 Å². The minimum atomic E-state index is -3.77. The van der Waals surface area contributed by atoms with Crippen LogP contribution in [0.3, 0.4) is 0 Å². The molecule has 33 heavy (non-hydrogen) atoms. The number of nitrogens with zero attached hydrogens (tertiary/aromatic N) is 1. The summed E-state index contributed by atoms with van der Waals surface area (Å²) in [5.74, 6) is -0.429. The van der Waals surface area contributed by atoms with E-state index in [1.54, 1.807) is 48.5 Å². The van der Waals surface area contributed by atoms with Gasteiger partial charge in [0.1, 0.15) is 5.75 Å². The fourth-order valence-electron chi connectivity index (χ4n) is 3.29. The van der Waals surface area contributed by atoms with E-state index in [1.165, 1.54) is 47.4 Å². The normalized spacial score (nSPS) is 11.5. The summed E-state index contributed by atoms with van der Waals surface area (Å²) in [5.41, 5.74) is 1.73. The van der Waals surface area contributed by atoms with Crippen LogP contribution in [0.15, 0.2) is 96.0 Å². The van der Waals surface area contributed by atoms with Gasteiger partial charge in [0, 0.05) is 30.3 Å². The van der Waals surface area contributed by atoms with Gasteiger partial charge in [-0.15, -0.1) is 0 Å². The van der Waals surface area contributed by atoms with Gasteiger partial charge < -0.3 is 10.1 Å². The number of carbonyl (C=O) groups is 2. The second-order valence-corrected chi connectivity index (χ2v) is 9.00. The molecule has 1 amide bonds. The van der Waals surface area contributed by atoms with Crippen LogP contribution in [0.2, 0.25) is 0 Å². The SMILES string of the molecule is CC(=O)Oc1cccc(C=CC(=O)Nc2ccc(S(=O)(=O)n3ccc4ccccc43)cc2)c1. The third-order valence-corrected chi connectivity index (χ3v) is 6.49. The number of para-hydroxylation sites is 1. The molecule has 1 aromatic heterocycles. The average molecular weight is 461 g/mol. The molecule has 166 valence electrons. The smallest absolute Gasteiger partial charge is 0.308 e. The largest absolute Gasteiger partial charge is 0.427 e. The summed E-state index contributed by atoms with van der Waals surface area (Å²) in [6.07, 6.45) is 4.44. The summed E-state index contributed by atoms with van der Waals surface area (Å²) in [6.45, 7) is 1.31. The first kappa shape index (κ1) is 22.0. The zero-order valence-electron chi connectivity index (χ0n) is 17.6. The maximum Gasteiger partial charge on any atom is 0.308 e. The monoisotopic (exact) mass is 460 g/mol. The number of nitrogens with one attached hydrogen (secondary N) is 1. The van der Waals surface area contributed by atoms with E-state index in [0.29, 0.717) is 22.5 Å². The van der Waals surface area contributed by atoms with E-state index < -0.39 is 16.0 Å². The lowest BCUT2D eigenvalue weighted by Gasteiger charge is -2.09. The zero-order chi connectivity index (χ0) is 23.4. The van der Waals surface area contributed by atoms with E-state index in [1.807, 2.05) is 12.1 Å². The number of esters is 1. The Kier molecular flexibility index (Phi) is 6.10. The van der Waals surface area contributed by atoms with Crippen LogP contribution in [0.1, 0.15) is 12.5 Å². The zero-order valence-corrected chi connectivity index (χ0v) is 18.5. The molecule has 4 rings (SSSR count). The van der Waals surface area contributed by atoms with Gasteiger partial charge in [0.25, 0.3) is 10.0 Å². The number of ether oxygens (including phenoxy) is 1.